The fourth-order valence-electron chi connectivity index (χ4n) is 2.56. The third-order valence-electron chi connectivity index (χ3n) is 3.86. The van der Waals surface area contributed by atoms with Gasteiger partial charge in [0.05, 0.1) is 12.7 Å². The van der Waals surface area contributed by atoms with Gasteiger partial charge in [-0.25, -0.2) is 0 Å². The molecular weight excluding hydrogens is 212 g/mol. The Hall–Kier alpha value is -0.600. The van der Waals surface area contributed by atoms with Crippen molar-refractivity contribution in [3.8, 4) is 0 Å². The molecule has 0 amide bonds. The van der Waals surface area contributed by atoms with Crippen molar-refractivity contribution in [3.05, 3.63) is 23.3 Å². The van der Waals surface area contributed by atoms with E-state index in [0.29, 0.717) is 11.8 Å². The summed E-state index contributed by atoms with van der Waals surface area (Å²) in [7, 11) is 0. The number of aliphatic hydroxyl groups is 2. The molecule has 0 saturated heterocycles. The van der Waals surface area contributed by atoms with E-state index in [0.717, 1.165) is 31.3 Å². The summed E-state index contributed by atoms with van der Waals surface area (Å²) in [6.45, 7) is 6.43. The summed E-state index contributed by atoms with van der Waals surface area (Å²) in [6, 6.07) is 0. The number of hydrogen-bond acceptors (Lipinski definition) is 2. The summed E-state index contributed by atoms with van der Waals surface area (Å²) in [5.41, 5.74) is 2.36. The van der Waals surface area contributed by atoms with Crippen LogP contribution in [0.4, 0.5) is 0 Å². The second-order valence-corrected chi connectivity index (χ2v) is 5.47. The van der Waals surface area contributed by atoms with Crippen molar-refractivity contribution in [3.63, 3.8) is 0 Å². The molecule has 0 spiro atoms. The van der Waals surface area contributed by atoms with Crippen LogP contribution in [-0.4, -0.2) is 22.9 Å². The Morgan fingerprint density at radius 2 is 2.29 bits per heavy atom. The number of hydrogen-bond donors (Lipinski definition) is 2. The third-order valence-corrected chi connectivity index (χ3v) is 3.86. The SMILES string of the molecule is CC(=CCCC(C)C1CCC(C)=CC1O)CO. The lowest BCUT2D eigenvalue weighted by molar-refractivity contribution is 0.0993. The van der Waals surface area contributed by atoms with Crippen molar-refractivity contribution < 1.29 is 10.2 Å². The monoisotopic (exact) mass is 238 g/mol. The van der Waals surface area contributed by atoms with Crippen molar-refractivity contribution in [1.29, 1.82) is 0 Å². The molecule has 2 N–H and O–H groups in total. The van der Waals surface area contributed by atoms with Crippen molar-refractivity contribution >= 4 is 0 Å². The molecule has 17 heavy (non-hydrogen) atoms. The maximum Gasteiger partial charge on any atom is 0.0754 e. The summed E-state index contributed by atoms with van der Waals surface area (Å²) < 4.78 is 0. The molecule has 1 aliphatic carbocycles. The minimum atomic E-state index is -0.262. The van der Waals surface area contributed by atoms with Crippen molar-refractivity contribution in [2.75, 3.05) is 6.61 Å². The maximum absolute atomic E-state index is 10.0. The molecule has 0 aromatic heterocycles. The molecule has 0 radical (unpaired) electrons. The van der Waals surface area contributed by atoms with Crippen LogP contribution in [0.3, 0.4) is 0 Å². The summed E-state index contributed by atoms with van der Waals surface area (Å²) in [5.74, 6) is 0.943. The normalized spacial score (nSPS) is 27.8. The van der Waals surface area contributed by atoms with Gasteiger partial charge in [0, 0.05) is 0 Å². The first-order valence-corrected chi connectivity index (χ1v) is 6.66. The smallest absolute Gasteiger partial charge is 0.0754 e. The molecule has 0 aliphatic heterocycles. The van der Waals surface area contributed by atoms with Crippen LogP contribution in [-0.2, 0) is 0 Å². The Balaban J connectivity index is 2.40. The largest absolute Gasteiger partial charge is 0.392 e. The van der Waals surface area contributed by atoms with E-state index in [1.54, 1.807) is 0 Å². The van der Waals surface area contributed by atoms with E-state index >= 15 is 0 Å². The molecule has 1 aliphatic rings. The van der Waals surface area contributed by atoms with E-state index in [4.69, 9.17) is 5.11 Å². The van der Waals surface area contributed by atoms with Crippen LogP contribution in [0, 0.1) is 11.8 Å². The highest BCUT2D eigenvalue weighted by molar-refractivity contribution is 5.08. The first-order valence-electron chi connectivity index (χ1n) is 6.66. The van der Waals surface area contributed by atoms with Gasteiger partial charge in [-0.05, 0) is 51.4 Å². The van der Waals surface area contributed by atoms with Crippen LogP contribution in [0.5, 0.6) is 0 Å². The number of allylic oxidation sites excluding steroid dienone is 2. The molecule has 0 heterocycles. The summed E-state index contributed by atoms with van der Waals surface area (Å²) in [5, 5.41) is 18.9. The molecule has 3 unspecified atom stereocenters. The molecule has 0 aromatic carbocycles. The van der Waals surface area contributed by atoms with Crippen LogP contribution >= 0.6 is 0 Å². The predicted octanol–water partition coefficient (Wildman–Crippen LogP) is 3.06. The topological polar surface area (TPSA) is 40.5 Å². The van der Waals surface area contributed by atoms with Gasteiger partial charge in [0.1, 0.15) is 0 Å². The Kier molecular flexibility index (Phi) is 5.93. The van der Waals surface area contributed by atoms with Gasteiger partial charge < -0.3 is 10.2 Å². The fourth-order valence-corrected chi connectivity index (χ4v) is 2.56. The molecular formula is C15H26O2. The van der Waals surface area contributed by atoms with Gasteiger partial charge >= 0.3 is 0 Å². The van der Waals surface area contributed by atoms with Crippen LogP contribution in [0.15, 0.2) is 23.3 Å². The number of rotatable bonds is 5. The van der Waals surface area contributed by atoms with E-state index in [1.165, 1.54) is 5.57 Å². The Bertz CT molecular complexity index is 291. The van der Waals surface area contributed by atoms with Crippen molar-refractivity contribution in [2.24, 2.45) is 11.8 Å². The van der Waals surface area contributed by atoms with Crippen molar-refractivity contribution in [2.45, 2.75) is 52.6 Å². The van der Waals surface area contributed by atoms with Gasteiger partial charge in [0.2, 0.25) is 0 Å². The van der Waals surface area contributed by atoms with Crippen molar-refractivity contribution in [1.82, 2.24) is 0 Å². The first kappa shape index (κ1) is 14.5. The van der Waals surface area contributed by atoms with Gasteiger partial charge in [-0.2, -0.15) is 0 Å². The molecule has 0 fully saturated rings. The highest BCUT2D eigenvalue weighted by Crippen LogP contribution is 2.31. The standard InChI is InChI=1S/C15H26O2/c1-11-7-8-14(15(17)9-11)13(3)6-4-5-12(2)10-16/h5,9,13-17H,4,6-8,10H2,1-3H3. The number of aliphatic hydroxyl groups excluding tert-OH is 2. The second-order valence-electron chi connectivity index (χ2n) is 5.47. The van der Waals surface area contributed by atoms with Crippen LogP contribution in [0.1, 0.15) is 46.5 Å². The van der Waals surface area contributed by atoms with E-state index < -0.39 is 0 Å². The van der Waals surface area contributed by atoms with Gasteiger partial charge in [-0.15, -0.1) is 0 Å². The minimum absolute atomic E-state index is 0.155. The minimum Gasteiger partial charge on any atom is -0.392 e. The average Bonchev–Trinajstić information content (AvgIpc) is 2.28. The second kappa shape index (κ2) is 6.97. The summed E-state index contributed by atoms with van der Waals surface area (Å²) >= 11 is 0. The molecule has 3 atom stereocenters. The molecule has 1 rings (SSSR count). The molecule has 2 heteroatoms. The van der Waals surface area contributed by atoms with Crippen LogP contribution in [0.2, 0.25) is 0 Å². The first-order chi connectivity index (χ1) is 8.04. The Morgan fingerprint density at radius 3 is 2.88 bits per heavy atom. The fraction of sp³-hybridized carbons (Fsp3) is 0.733. The van der Waals surface area contributed by atoms with Gasteiger partial charge in [-0.1, -0.05) is 30.2 Å². The molecule has 0 saturated carbocycles. The maximum atomic E-state index is 10.0. The lowest BCUT2D eigenvalue weighted by Crippen LogP contribution is -2.28. The Morgan fingerprint density at radius 1 is 1.59 bits per heavy atom. The zero-order valence-electron chi connectivity index (χ0n) is 11.3. The molecule has 2 nitrogen and oxygen atoms in total. The third kappa shape index (κ3) is 4.64. The van der Waals surface area contributed by atoms with E-state index in [2.05, 4.69) is 19.9 Å². The summed E-state index contributed by atoms with van der Waals surface area (Å²) in [4.78, 5) is 0. The molecule has 0 aromatic rings. The lowest BCUT2D eigenvalue weighted by Gasteiger charge is -2.30. The summed E-state index contributed by atoms with van der Waals surface area (Å²) in [6.07, 6.45) is 8.17. The average molecular weight is 238 g/mol. The highest BCUT2D eigenvalue weighted by Gasteiger charge is 2.26. The van der Waals surface area contributed by atoms with Crippen LogP contribution in [0.25, 0.3) is 0 Å². The molecule has 0 bridgehead atoms. The Labute approximate surface area is 105 Å². The lowest BCUT2D eigenvalue weighted by atomic mass is 9.78. The van der Waals surface area contributed by atoms with Gasteiger partial charge in [0.25, 0.3) is 0 Å². The molecule has 98 valence electrons. The zero-order chi connectivity index (χ0) is 12.8. The van der Waals surface area contributed by atoms with E-state index in [9.17, 15) is 5.11 Å². The highest BCUT2D eigenvalue weighted by atomic mass is 16.3. The van der Waals surface area contributed by atoms with Gasteiger partial charge in [-0.3, -0.25) is 0 Å². The quantitative estimate of drug-likeness (QED) is 0.723. The zero-order valence-corrected chi connectivity index (χ0v) is 11.3. The van der Waals surface area contributed by atoms with Gasteiger partial charge in [0.15, 0.2) is 0 Å². The van der Waals surface area contributed by atoms with E-state index in [-0.39, 0.29) is 12.7 Å². The van der Waals surface area contributed by atoms with E-state index in [1.807, 2.05) is 13.0 Å². The van der Waals surface area contributed by atoms with Crippen LogP contribution < -0.4 is 0 Å². The predicted molar refractivity (Wildman–Crippen MR) is 71.7 cm³/mol.